The number of hydroxylamine groups is 1. The van der Waals surface area contributed by atoms with Gasteiger partial charge >= 0.3 is 5.97 Å². The maximum Gasteiger partial charge on any atom is 0.325 e. The van der Waals surface area contributed by atoms with Gasteiger partial charge in [-0.15, -0.1) is 0 Å². The maximum absolute atomic E-state index is 11.7. The summed E-state index contributed by atoms with van der Waals surface area (Å²) in [5.41, 5.74) is 2.72. The number of esters is 1. The van der Waals surface area contributed by atoms with E-state index < -0.39 is 6.04 Å². The molecular weight excluding hydrogens is 246 g/mol. The Labute approximate surface area is 112 Å². The van der Waals surface area contributed by atoms with Gasteiger partial charge in [0.15, 0.2) is 0 Å². The van der Waals surface area contributed by atoms with Crippen LogP contribution in [0.1, 0.15) is 13.8 Å². The smallest absolute Gasteiger partial charge is 0.325 e. The average Bonchev–Trinajstić information content (AvgIpc) is 2.79. The molecule has 0 bridgehead atoms. The molecule has 0 aliphatic carbocycles. The molecule has 1 aromatic rings. The van der Waals surface area contributed by atoms with E-state index in [0.717, 1.165) is 5.75 Å². The number of nitrogens with one attached hydrogen (secondary N) is 1. The second kappa shape index (κ2) is 6.54. The van der Waals surface area contributed by atoms with Crippen molar-refractivity contribution in [1.29, 1.82) is 0 Å². The van der Waals surface area contributed by atoms with E-state index in [-0.39, 0.29) is 18.0 Å². The van der Waals surface area contributed by atoms with Crippen molar-refractivity contribution in [3.63, 3.8) is 0 Å². The molecule has 0 saturated carbocycles. The van der Waals surface area contributed by atoms with E-state index in [1.165, 1.54) is 0 Å². The molecular formula is C14H19NO4. The minimum Gasteiger partial charge on any atom is -0.491 e. The normalized spacial score (nSPS) is 26.1. The fourth-order valence-electron chi connectivity index (χ4n) is 1.97. The number of hydrogen-bond acceptors (Lipinski definition) is 5. The van der Waals surface area contributed by atoms with Crippen LogP contribution in [0.25, 0.3) is 0 Å². The predicted octanol–water partition coefficient (Wildman–Crippen LogP) is 1.54. The Bertz CT molecular complexity index is 409. The summed E-state index contributed by atoms with van der Waals surface area (Å²) in [6.45, 7) is 4.50. The van der Waals surface area contributed by atoms with Crippen molar-refractivity contribution < 1.29 is 19.1 Å². The lowest BCUT2D eigenvalue weighted by molar-refractivity contribution is -0.147. The van der Waals surface area contributed by atoms with Crippen LogP contribution < -0.4 is 10.2 Å². The molecule has 1 aromatic carbocycles. The largest absolute Gasteiger partial charge is 0.491 e. The first-order valence-electron chi connectivity index (χ1n) is 6.48. The first kappa shape index (κ1) is 13.8. The zero-order chi connectivity index (χ0) is 13.7. The summed E-state index contributed by atoms with van der Waals surface area (Å²) in [5.74, 6) is 0.512. The molecule has 1 aliphatic rings. The average molecular weight is 265 g/mol. The molecule has 1 fully saturated rings. The molecule has 3 atom stereocenters. The first-order chi connectivity index (χ1) is 9.22. The second-order valence-corrected chi connectivity index (χ2v) is 4.49. The highest BCUT2D eigenvalue weighted by Crippen LogP contribution is 2.21. The Balaban J connectivity index is 1.84. The molecule has 0 radical (unpaired) electrons. The van der Waals surface area contributed by atoms with E-state index in [0.29, 0.717) is 13.2 Å². The number of carbonyl (C=O) groups excluding carboxylic acids is 1. The Morgan fingerprint density at radius 3 is 2.79 bits per heavy atom. The standard InChI is InChI=1S/C14H19NO4/c1-3-17-14(16)13-10(2)12(19-15-13)9-18-11-7-5-4-6-8-11/h4-8,10,12-13,15H,3,9H2,1-2H3. The predicted molar refractivity (Wildman–Crippen MR) is 69.5 cm³/mol. The van der Waals surface area contributed by atoms with Crippen LogP contribution in [0, 0.1) is 5.92 Å². The highest BCUT2D eigenvalue weighted by molar-refractivity contribution is 5.76. The van der Waals surface area contributed by atoms with Crippen LogP contribution in [-0.4, -0.2) is 31.3 Å². The Hall–Kier alpha value is -1.59. The quantitative estimate of drug-likeness (QED) is 0.818. The van der Waals surface area contributed by atoms with Crippen molar-refractivity contribution >= 4 is 5.97 Å². The molecule has 19 heavy (non-hydrogen) atoms. The van der Waals surface area contributed by atoms with Crippen LogP contribution in [0.4, 0.5) is 0 Å². The minimum absolute atomic E-state index is 0.00256. The van der Waals surface area contributed by atoms with Crippen molar-refractivity contribution in [2.24, 2.45) is 5.92 Å². The Morgan fingerprint density at radius 2 is 2.11 bits per heavy atom. The molecule has 0 amide bonds. The zero-order valence-corrected chi connectivity index (χ0v) is 11.2. The summed E-state index contributed by atoms with van der Waals surface area (Å²) in [5, 5.41) is 0. The monoisotopic (exact) mass is 265 g/mol. The van der Waals surface area contributed by atoms with Crippen LogP contribution in [0.3, 0.4) is 0 Å². The van der Waals surface area contributed by atoms with Gasteiger partial charge in [0.25, 0.3) is 0 Å². The van der Waals surface area contributed by atoms with Gasteiger partial charge in [-0.2, -0.15) is 5.48 Å². The summed E-state index contributed by atoms with van der Waals surface area (Å²) in [6, 6.07) is 9.09. The summed E-state index contributed by atoms with van der Waals surface area (Å²) < 4.78 is 10.6. The molecule has 5 nitrogen and oxygen atoms in total. The molecule has 1 N–H and O–H groups in total. The van der Waals surface area contributed by atoms with Crippen molar-refractivity contribution in [2.45, 2.75) is 26.0 Å². The molecule has 104 valence electrons. The highest BCUT2D eigenvalue weighted by Gasteiger charge is 2.39. The summed E-state index contributed by atoms with van der Waals surface area (Å²) >= 11 is 0. The minimum atomic E-state index is -0.427. The number of ether oxygens (including phenoxy) is 2. The number of para-hydroxylation sites is 1. The third-order valence-corrected chi connectivity index (χ3v) is 3.16. The van der Waals surface area contributed by atoms with Gasteiger partial charge in [0.2, 0.25) is 0 Å². The van der Waals surface area contributed by atoms with Crippen molar-refractivity contribution in [1.82, 2.24) is 5.48 Å². The van der Waals surface area contributed by atoms with Crippen molar-refractivity contribution in [3.05, 3.63) is 30.3 Å². The van der Waals surface area contributed by atoms with Gasteiger partial charge in [0.05, 0.1) is 6.61 Å². The van der Waals surface area contributed by atoms with Crippen molar-refractivity contribution in [2.75, 3.05) is 13.2 Å². The molecule has 5 heteroatoms. The first-order valence-corrected chi connectivity index (χ1v) is 6.48. The van der Waals surface area contributed by atoms with E-state index in [2.05, 4.69) is 5.48 Å². The SMILES string of the molecule is CCOC(=O)C1NOC(COc2ccccc2)C1C. The summed E-state index contributed by atoms with van der Waals surface area (Å²) in [6.07, 6.45) is -0.172. The van der Waals surface area contributed by atoms with Crippen molar-refractivity contribution in [3.8, 4) is 5.75 Å². The van der Waals surface area contributed by atoms with Gasteiger partial charge in [0, 0.05) is 5.92 Å². The lowest BCUT2D eigenvalue weighted by atomic mass is 9.98. The second-order valence-electron chi connectivity index (χ2n) is 4.49. The Morgan fingerprint density at radius 1 is 1.37 bits per heavy atom. The number of hydrogen-bond donors (Lipinski definition) is 1. The van der Waals surface area contributed by atoms with E-state index in [4.69, 9.17) is 14.3 Å². The van der Waals surface area contributed by atoms with Crippen LogP contribution in [-0.2, 0) is 14.4 Å². The molecule has 1 aliphatic heterocycles. The molecule has 1 saturated heterocycles. The molecule has 2 rings (SSSR count). The van der Waals surface area contributed by atoms with E-state index in [9.17, 15) is 4.79 Å². The topological polar surface area (TPSA) is 56.8 Å². The summed E-state index contributed by atoms with van der Waals surface area (Å²) in [4.78, 5) is 17.1. The van der Waals surface area contributed by atoms with Gasteiger partial charge in [-0.05, 0) is 19.1 Å². The van der Waals surface area contributed by atoms with E-state index in [1.807, 2.05) is 37.3 Å². The van der Waals surface area contributed by atoms with Crippen LogP contribution in [0.5, 0.6) is 5.75 Å². The van der Waals surface area contributed by atoms with Gasteiger partial charge in [-0.1, -0.05) is 25.1 Å². The lowest BCUT2D eigenvalue weighted by Gasteiger charge is -2.16. The van der Waals surface area contributed by atoms with Crippen LogP contribution >= 0.6 is 0 Å². The number of carbonyl (C=O) groups is 1. The third-order valence-electron chi connectivity index (χ3n) is 3.16. The van der Waals surface area contributed by atoms with E-state index in [1.54, 1.807) is 6.92 Å². The lowest BCUT2D eigenvalue weighted by Crippen LogP contribution is -2.37. The van der Waals surface area contributed by atoms with Gasteiger partial charge in [0.1, 0.15) is 24.5 Å². The van der Waals surface area contributed by atoms with Crippen LogP contribution in [0.2, 0.25) is 0 Å². The highest BCUT2D eigenvalue weighted by atomic mass is 16.7. The molecule has 0 spiro atoms. The summed E-state index contributed by atoms with van der Waals surface area (Å²) in [7, 11) is 0. The van der Waals surface area contributed by atoms with Crippen LogP contribution in [0.15, 0.2) is 30.3 Å². The van der Waals surface area contributed by atoms with Gasteiger partial charge in [-0.25, -0.2) is 0 Å². The maximum atomic E-state index is 11.7. The molecule has 1 heterocycles. The number of benzene rings is 1. The third kappa shape index (κ3) is 3.45. The Kier molecular flexibility index (Phi) is 4.76. The number of rotatable bonds is 5. The fraction of sp³-hybridized carbons (Fsp3) is 0.500. The van der Waals surface area contributed by atoms with Gasteiger partial charge in [-0.3, -0.25) is 9.63 Å². The molecule has 3 unspecified atom stereocenters. The zero-order valence-electron chi connectivity index (χ0n) is 11.2. The van der Waals surface area contributed by atoms with Gasteiger partial charge < -0.3 is 9.47 Å². The fourth-order valence-corrected chi connectivity index (χ4v) is 1.97. The van der Waals surface area contributed by atoms with E-state index >= 15 is 0 Å². The molecule has 0 aromatic heterocycles.